The van der Waals surface area contributed by atoms with Crippen molar-refractivity contribution in [3.05, 3.63) is 70.2 Å². The van der Waals surface area contributed by atoms with E-state index in [1.54, 1.807) is 18.2 Å². The summed E-state index contributed by atoms with van der Waals surface area (Å²) in [5.41, 5.74) is 1.75. The van der Waals surface area contributed by atoms with Crippen LogP contribution in [0.5, 0.6) is 0 Å². The summed E-state index contributed by atoms with van der Waals surface area (Å²) in [6.45, 7) is 3.91. The van der Waals surface area contributed by atoms with E-state index >= 15 is 0 Å². The summed E-state index contributed by atoms with van der Waals surface area (Å²) in [4.78, 5) is 0. The Hall–Kier alpha value is -1.45. The monoisotopic (exact) mass is 295 g/mol. The molecule has 1 nitrogen and oxygen atoms in total. The predicted octanol–water partition coefficient (Wildman–Crippen LogP) is 5.03. The Labute approximate surface area is 122 Å². The summed E-state index contributed by atoms with van der Waals surface area (Å²) in [7, 11) is 0. The summed E-state index contributed by atoms with van der Waals surface area (Å²) >= 11 is 5.78. The fraction of sp³-hybridized carbons (Fsp3) is 0.250. The molecule has 0 fully saturated rings. The van der Waals surface area contributed by atoms with Gasteiger partial charge in [0.1, 0.15) is 11.6 Å². The Bertz CT molecular complexity index is 601. The molecule has 0 aromatic heterocycles. The molecule has 0 spiro atoms. The van der Waals surface area contributed by atoms with Gasteiger partial charge in [-0.3, -0.25) is 0 Å². The average molecular weight is 296 g/mol. The van der Waals surface area contributed by atoms with Gasteiger partial charge in [0.15, 0.2) is 0 Å². The first-order chi connectivity index (χ1) is 9.47. The normalized spacial score (nSPS) is 14.1. The first-order valence-corrected chi connectivity index (χ1v) is 6.81. The van der Waals surface area contributed by atoms with Gasteiger partial charge in [0.2, 0.25) is 0 Å². The Kier molecular flexibility index (Phi) is 4.73. The molecule has 4 heteroatoms. The van der Waals surface area contributed by atoms with Crippen LogP contribution in [0.4, 0.5) is 8.78 Å². The highest BCUT2D eigenvalue weighted by atomic mass is 35.5. The van der Waals surface area contributed by atoms with Crippen LogP contribution in [0.15, 0.2) is 42.5 Å². The molecule has 0 bridgehead atoms. The van der Waals surface area contributed by atoms with E-state index in [2.05, 4.69) is 5.32 Å². The molecule has 0 aliphatic carbocycles. The average Bonchev–Trinajstić information content (AvgIpc) is 2.41. The lowest BCUT2D eigenvalue weighted by Crippen LogP contribution is -2.22. The molecule has 1 unspecified atom stereocenters. The van der Waals surface area contributed by atoms with Crippen LogP contribution in [0.25, 0.3) is 0 Å². The summed E-state index contributed by atoms with van der Waals surface area (Å²) < 4.78 is 26.3. The topological polar surface area (TPSA) is 12.0 Å². The van der Waals surface area contributed by atoms with E-state index < -0.39 is 5.82 Å². The molecule has 2 aromatic carbocycles. The van der Waals surface area contributed by atoms with Gasteiger partial charge in [-0.05, 0) is 49.2 Å². The van der Waals surface area contributed by atoms with E-state index in [1.807, 2.05) is 19.9 Å². The number of nitrogens with one attached hydrogen (secondary N) is 1. The van der Waals surface area contributed by atoms with Crippen molar-refractivity contribution in [3.8, 4) is 0 Å². The molecule has 106 valence electrons. The maximum absolute atomic E-state index is 13.2. The minimum atomic E-state index is -0.430. The van der Waals surface area contributed by atoms with Crippen LogP contribution in [-0.4, -0.2) is 0 Å². The Balaban J connectivity index is 2.10. The zero-order valence-electron chi connectivity index (χ0n) is 11.3. The van der Waals surface area contributed by atoms with Crippen LogP contribution in [0.3, 0.4) is 0 Å². The summed E-state index contributed by atoms with van der Waals surface area (Å²) in [6.07, 6.45) is 0. The van der Waals surface area contributed by atoms with Crippen molar-refractivity contribution in [1.29, 1.82) is 0 Å². The van der Waals surface area contributed by atoms with Gasteiger partial charge in [0.25, 0.3) is 0 Å². The zero-order valence-corrected chi connectivity index (χ0v) is 12.1. The molecule has 0 radical (unpaired) electrons. The molecule has 0 saturated heterocycles. The van der Waals surface area contributed by atoms with Gasteiger partial charge in [-0.2, -0.15) is 0 Å². The van der Waals surface area contributed by atoms with E-state index in [4.69, 9.17) is 11.6 Å². The lowest BCUT2D eigenvalue weighted by molar-refractivity contribution is 0.491. The van der Waals surface area contributed by atoms with Crippen molar-refractivity contribution in [2.75, 3.05) is 0 Å². The van der Waals surface area contributed by atoms with Crippen LogP contribution in [0.2, 0.25) is 5.02 Å². The molecule has 2 aromatic rings. The van der Waals surface area contributed by atoms with Crippen LogP contribution < -0.4 is 5.32 Å². The Morgan fingerprint density at radius 2 is 1.60 bits per heavy atom. The van der Waals surface area contributed by atoms with Crippen molar-refractivity contribution in [1.82, 2.24) is 5.32 Å². The lowest BCUT2D eigenvalue weighted by atomic mass is 10.0. The van der Waals surface area contributed by atoms with Crippen molar-refractivity contribution >= 4 is 11.6 Å². The van der Waals surface area contributed by atoms with Crippen molar-refractivity contribution in [2.24, 2.45) is 0 Å². The first kappa shape index (κ1) is 14.9. The second kappa shape index (κ2) is 6.33. The van der Waals surface area contributed by atoms with Crippen molar-refractivity contribution in [2.45, 2.75) is 25.9 Å². The molecule has 0 aliphatic rings. The molecule has 20 heavy (non-hydrogen) atoms. The highest BCUT2D eigenvalue weighted by molar-refractivity contribution is 6.30. The van der Waals surface area contributed by atoms with Crippen LogP contribution in [-0.2, 0) is 0 Å². The number of halogens is 3. The molecular formula is C16H16ClF2N. The number of rotatable bonds is 4. The zero-order chi connectivity index (χ0) is 14.7. The molecule has 2 rings (SSSR count). The number of hydrogen-bond donors (Lipinski definition) is 1. The third-order valence-corrected chi connectivity index (χ3v) is 3.58. The van der Waals surface area contributed by atoms with Crippen LogP contribution in [0.1, 0.15) is 37.1 Å². The minimum absolute atomic E-state index is 0.0219. The second-order valence-corrected chi connectivity index (χ2v) is 5.25. The molecule has 2 atom stereocenters. The molecule has 0 amide bonds. The Morgan fingerprint density at radius 1 is 0.950 bits per heavy atom. The van der Waals surface area contributed by atoms with Gasteiger partial charge in [0, 0.05) is 12.1 Å². The summed E-state index contributed by atoms with van der Waals surface area (Å²) in [6, 6.07) is 11.1. The van der Waals surface area contributed by atoms with Crippen molar-refractivity contribution in [3.63, 3.8) is 0 Å². The maximum atomic E-state index is 13.2. The minimum Gasteiger partial charge on any atom is -0.304 e. The lowest BCUT2D eigenvalue weighted by Gasteiger charge is -2.21. The van der Waals surface area contributed by atoms with E-state index in [-0.39, 0.29) is 22.9 Å². The highest BCUT2D eigenvalue weighted by Gasteiger charge is 2.13. The molecule has 0 heterocycles. The van der Waals surface area contributed by atoms with E-state index in [9.17, 15) is 8.78 Å². The molecular weight excluding hydrogens is 280 g/mol. The first-order valence-electron chi connectivity index (χ1n) is 6.44. The fourth-order valence-electron chi connectivity index (χ4n) is 2.13. The highest BCUT2D eigenvalue weighted by Crippen LogP contribution is 2.23. The molecule has 1 N–H and O–H groups in total. The van der Waals surface area contributed by atoms with E-state index in [1.165, 1.54) is 18.2 Å². The van der Waals surface area contributed by atoms with Crippen molar-refractivity contribution < 1.29 is 8.78 Å². The van der Waals surface area contributed by atoms with E-state index in [0.29, 0.717) is 0 Å². The third-order valence-electron chi connectivity index (χ3n) is 3.29. The van der Waals surface area contributed by atoms with Gasteiger partial charge in [-0.1, -0.05) is 29.8 Å². The largest absolute Gasteiger partial charge is 0.304 e. The second-order valence-electron chi connectivity index (χ2n) is 4.84. The van der Waals surface area contributed by atoms with Gasteiger partial charge in [0.05, 0.1) is 5.02 Å². The quantitative estimate of drug-likeness (QED) is 0.834. The Morgan fingerprint density at radius 3 is 2.20 bits per heavy atom. The van der Waals surface area contributed by atoms with Crippen LogP contribution >= 0.6 is 11.6 Å². The third kappa shape index (κ3) is 3.56. The SMILES string of the molecule is CC(N[C@@H](C)c1cccc(F)c1)c1ccc(F)c(Cl)c1. The van der Waals surface area contributed by atoms with Crippen LogP contribution in [0, 0.1) is 11.6 Å². The van der Waals surface area contributed by atoms with Gasteiger partial charge < -0.3 is 5.32 Å². The van der Waals surface area contributed by atoms with Gasteiger partial charge in [-0.25, -0.2) is 8.78 Å². The fourth-order valence-corrected chi connectivity index (χ4v) is 2.31. The van der Waals surface area contributed by atoms with Gasteiger partial charge in [-0.15, -0.1) is 0 Å². The molecule has 0 aliphatic heterocycles. The maximum Gasteiger partial charge on any atom is 0.141 e. The number of hydrogen-bond acceptors (Lipinski definition) is 1. The summed E-state index contributed by atoms with van der Waals surface area (Å²) in [5.74, 6) is -0.686. The smallest absolute Gasteiger partial charge is 0.141 e. The van der Waals surface area contributed by atoms with Gasteiger partial charge >= 0.3 is 0 Å². The van der Waals surface area contributed by atoms with E-state index in [0.717, 1.165) is 11.1 Å². The molecule has 0 saturated carbocycles. The standard InChI is InChI=1S/C16H16ClF2N/c1-10(12-4-3-5-14(18)8-12)20-11(2)13-6-7-16(19)15(17)9-13/h3-11,20H,1-2H3/t10-,11?/m0/s1. The predicted molar refractivity (Wildman–Crippen MR) is 77.8 cm³/mol. The summed E-state index contributed by atoms with van der Waals surface area (Å²) in [5, 5.41) is 3.44. The number of benzene rings is 2.